The summed E-state index contributed by atoms with van der Waals surface area (Å²) in [5, 5.41) is 8.84. The summed E-state index contributed by atoms with van der Waals surface area (Å²) in [7, 11) is 0. The van der Waals surface area contributed by atoms with Crippen molar-refractivity contribution in [1.29, 1.82) is 0 Å². The van der Waals surface area contributed by atoms with Gasteiger partial charge in [0.1, 0.15) is 5.82 Å². The third kappa shape index (κ3) is 2.49. The van der Waals surface area contributed by atoms with Crippen molar-refractivity contribution in [2.45, 2.75) is 0 Å². The third-order valence-corrected chi connectivity index (χ3v) is 3.01. The van der Waals surface area contributed by atoms with Gasteiger partial charge in [0.2, 0.25) is 0 Å². The van der Waals surface area contributed by atoms with Gasteiger partial charge < -0.3 is 5.11 Å². The molecule has 1 aromatic carbocycles. The van der Waals surface area contributed by atoms with E-state index in [1.165, 1.54) is 24.4 Å². The maximum absolute atomic E-state index is 13.1. The maximum Gasteiger partial charge on any atom is 0.356 e. The predicted molar refractivity (Wildman–Crippen MR) is 67.1 cm³/mol. The fourth-order valence-electron chi connectivity index (χ4n) is 1.29. The van der Waals surface area contributed by atoms with Crippen LogP contribution in [0.3, 0.4) is 0 Å². The van der Waals surface area contributed by atoms with Gasteiger partial charge in [-0.05, 0) is 34.1 Å². The Morgan fingerprint density at radius 2 is 2.17 bits per heavy atom. The second-order valence-corrected chi connectivity index (χ2v) is 4.59. The fraction of sp³-hybridized carbons (Fsp3) is 0. The van der Waals surface area contributed by atoms with Gasteiger partial charge in [-0.15, -0.1) is 0 Å². The predicted octanol–water partition coefficient (Wildman–Crippen LogP) is 3.40. The van der Waals surface area contributed by atoms with E-state index < -0.39 is 11.8 Å². The largest absolute Gasteiger partial charge is 0.476 e. The van der Waals surface area contributed by atoms with Crippen molar-refractivity contribution in [3.8, 4) is 11.4 Å². The Hall–Kier alpha value is -1.53. The van der Waals surface area contributed by atoms with Crippen LogP contribution in [0, 0.1) is 5.82 Å². The molecule has 0 radical (unpaired) electrons. The highest BCUT2D eigenvalue weighted by molar-refractivity contribution is 9.10. The fourth-order valence-corrected chi connectivity index (χ4v) is 1.84. The van der Waals surface area contributed by atoms with Gasteiger partial charge in [-0.25, -0.2) is 19.2 Å². The minimum atomic E-state index is -1.25. The molecule has 2 rings (SSSR count). The molecule has 1 aromatic heterocycles. The first-order valence-corrected chi connectivity index (χ1v) is 5.87. The zero-order chi connectivity index (χ0) is 13.3. The molecule has 1 heterocycles. The van der Waals surface area contributed by atoms with E-state index >= 15 is 0 Å². The van der Waals surface area contributed by atoms with Gasteiger partial charge in [-0.1, -0.05) is 11.6 Å². The van der Waals surface area contributed by atoms with Gasteiger partial charge in [0.25, 0.3) is 0 Å². The normalized spacial score (nSPS) is 10.4. The minimum Gasteiger partial charge on any atom is -0.476 e. The molecule has 1 N–H and O–H groups in total. The highest BCUT2D eigenvalue weighted by Gasteiger charge is 2.14. The number of halogens is 3. The lowest BCUT2D eigenvalue weighted by Gasteiger charge is -2.03. The zero-order valence-corrected chi connectivity index (χ0v) is 11.0. The molecule has 0 bridgehead atoms. The van der Waals surface area contributed by atoms with Crippen LogP contribution in [0.1, 0.15) is 10.5 Å². The summed E-state index contributed by atoms with van der Waals surface area (Å²) in [6, 6.07) is 4.15. The van der Waals surface area contributed by atoms with E-state index in [9.17, 15) is 9.18 Å². The van der Waals surface area contributed by atoms with Crippen molar-refractivity contribution in [1.82, 2.24) is 9.97 Å². The number of aromatic nitrogens is 2. The second kappa shape index (κ2) is 4.99. The molecule has 7 heteroatoms. The Morgan fingerprint density at radius 1 is 1.44 bits per heavy atom. The van der Waals surface area contributed by atoms with Crippen LogP contribution in [0.15, 0.2) is 28.9 Å². The molecule has 4 nitrogen and oxygen atoms in total. The van der Waals surface area contributed by atoms with Crippen LogP contribution in [0.25, 0.3) is 11.4 Å². The van der Waals surface area contributed by atoms with E-state index in [1.807, 2.05) is 0 Å². The number of carboxylic acids is 1. The number of benzene rings is 1. The number of carboxylic acid groups (broad SMARTS) is 1. The van der Waals surface area contributed by atoms with Gasteiger partial charge in [-0.3, -0.25) is 0 Å². The standard InChI is InChI=1S/C11H5BrClFN2O2/c12-6-3-5(1-2-8(6)14)10-15-4-7(13)9(16-10)11(17)18/h1-4H,(H,17,18). The highest BCUT2D eigenvalue weighted by Crippen LogP contribution is 2.24. The Kier molecular flexibility index (Phi) is 3.58. The van der Waals surface area contributed by atoms with Crippen molar-refractivity contribution in [2.24, 2.45) is 0 Å². The molecule has 0 unspecified atom stereocenters. The summed E-state index contributed by atoms with van der Waals surface area (Å²) < 4.78 is 13.3. The molecule has 18 heavy (non-hydrogen) atoms. The molecule has 0 aliphatic heterocycles. The molecule has 0 amide bonds. The van der Waals surface area contributed by atoms with E-state index in [4.69, 9.17) is 16.7 Å². The summed E-state index contributed by atoms with van der Waals surface area (Å²) in [5.74, 6) is -1.51. The molecule has 0 saturated heterocycles. The molecular weight excluding hydrogens is 326 g/mol. The molecule has 0 aliphatic rings. The number of rotatable bonds is 2. The lowest BCUT2D eigenvalue weighted by molar-refractivity contribution is 0.0690. The van der Waals surface area contributed by atoms with E-state index in [1.54, 1.807) is 0 Å². The van der Waals surface area contributed by atoms with Crippen molar-refractivity contribution >= 4 is 33.5 Å². The Morgan fingerprint density at radius 3 is 2.78 bits per heavy atom. The molecule has 0 spiro atoms. The van der Waals surface area contributed by atoms with E-state index in [2.05, 4.69) is 25.9 Å². The average Bonchev–Trinajstić information content (AvgIpc) is 2.33. The molecular formula is C11H5BrClFN2O2. The molecule has 0 fully saturated rings. The maximum atomic E-state index is 13.1. The van der Waals surface area contributed by atoms with Crippen molar-refractivity contribution in [2.75, 3.05) is 0 Å². The first-order chi connectivity index (χ1) is 8.49. The van der Waals surface area contributed by atoms with Crippen LogP contribution in [-0.4, -0.2) is 21.0 Å². The van der Waals surface area contributed by atoms with Crippen LogP contribution >= 0.6 is 27.5 Å². The first kappa shape index (κ1) is 12.9. The van der Waals surface area contributed by atoms with E-state index in [0.717, 1.165) is 0 Å². The monoisotopic (exact) mass is 330 g/mol. The van der Waals surface area contributed by atoms with Crippen LogP contribution in [0.2, 0.25) is 5.02 Å². The number of carbonyl (C=O) groups is 1. The Bertz CT molecular complexity index is 636. The van der Waals surface area contributed by atoms with Crippen LogP contribution in [0.4, 0.5) is 4.39 Å². The molecule has 0 saturated carbocycles. The number of hydrogen-bond donors (Lipinski definition) is 1. The van der Waals surface area contributed by atoms with E-state index in [-0.39, 0.29) is 21.0 Å². The Labute approximate surface area is 115 Å². The van der Waals surface area contributed by atoms with E-state index in [0.29, 0.717) is 5.56 Å². The van der Waals surface area contributed by atoms with Gasteiger partial charge in [-0.2, -0.15) is 0 Å². The SMILES string of the molecule is O=C(O)c1nc(-c2ccc(F)c(Br)c2)ncc1Cl. The molecule has 0 atom stereocenters. The molecule has 0 aliphatic carbocycles. The van der Waals surface area contributed by atoms with Gasteiger partial charge in [0, 0.05) is 5.56 Å². The lowest BCUT2D eigenvalue weighted by Crippen LogP contribution is -2.04. The van der Waals surface area contributed by atoms with Crippen molar-refractivity contribution in [3.05, 3.63) is 45.4 Å². The molecule has 92 valence electrons. The highest BCUT2D eigenvalue weighted by atomic mass is 79.9. The Balaban J connectivity index is 2.54. The number of nitrogens with zero attached hydrogens (tertiary/aromatic N) is 2. The molecule has 2 aromatic rings. The summed E-state index contributed by atoms with van der Waals surface area (Å²) in [6.45, 7) is 0. The number of aromatic carboxylic acids is 1. The average molecular weight is 332 g/mol. The van der Waals surface area contributed by atoms with Crippen LogP contribution in [0.5, 0.6) is 0 Å². The zero-order valence-electron chi connectivity index (χ0n) is 8.69. The van der Waals surface area contributed by atoms with Gasteiger partial charge >= 0.3 is 5.97 Å². The smallest absolute Gasteiger partial charge is 0.356 e. The van der Waals surface area contributed by atoms with Crippen molar-refractivity contribution in [3.63, 3.8) is 0 Å². The second-order valence-electron chi connectivity index (χ2n) is 3.32. The first-order valence-electron chi connectivity index (χ1n) is 4.70. The summed E-state index contributed by atoms with van der Waals surface area (Å²) >= 11 is 8.69. The summed E-state index contributed by atoms with van der Waals surface area (Å²) in [6.07, 6.45) is 1.20. The van der Waals surface area contributed by atoms with Gasteiger partial charge in [0.05, 0.1) is 15.7 Å². The quantitative estimate of drug-likeness (QED) is 0.916. The lowest BCUT2D eigenvalue weighted by atomic mass is 10.2. The third-order valence-electron chi connectivity index (χ3n) is 2.12. The summed E-state index contributed by atoms with van der Waals surface area (Å²) in [4.78, 5) is 18.6. The van der Waals surface area contributed by atoms with Gasteiger partial charge in [0.15, 0.2) is 11.5 Å². The minimum absolute atomic E-state index is 0.0487. The van der Waals surface area contributed by atoms with Crippen LogP contribution in [-0.2, 0) is 0 Å². The van der Waals surface area contributed by atoms with Crippen LogP contribution < -0.4 is 0 Å². The number of hydrogen-bond acceptors (Lipinski definition) is 3. The summed E-state index contributed by atoms with van der Waals surface area (Å²) in [5.41, 5.74) is 0.199. The van der Waals surface area contributed by atoms with Crippen molar-refractivity contribution < 1.29 is 14.3 Å². The topological polar surface area (TPSA) is 63.1 Å².